The highest BCUT2D eigenvalue weighted by atomic mass is 32.1. The lowest BCUT2D eigenvalue weighted by Gasteiger charge is -2.12. The molecule has 0 radical (unpaired) electrons. The Morgan fingerprint density at radius 3 is 2.55 bits per heavy atom. The number of esters is 1. The van der Waals surface area contributed by atoms with Gasteiger partial charge >= 0.3 is 5.97 Å². The number of rotatable bonds is 8. The van der Waals surface area contributed by atoms with E-state index in [1.807, 2.05) is 24.3 Å². The molecule has 156 valence electrons. The zero-order valence-corrected chi connectivity index (χ0v) is 18.2. The van der Waals surface area contributed by atoms with Crippen LogP contribution in [0.25, 0.3) is 0 Å². The third-order valence-corrected chi connectivity index (χ3v) is 6.54. The van der Waals surface area contributed by atoms with E-state index in [4.69, 9.17) is 9.47 Å². The van der Waals surface area contributed by atoms with Crippen molar-refractivity contribution in [1.82, 2.24) is 0 Å². The van der Waals surface area contributed by atoms with Gasteiger partial charge in [-0.15, -0.1) is 11.3 Å². The maximum atomic E-state index is 12.5. The minimum Gasteiger partial charge on any atom is -0.484 e. The van der Waals surface area contributed by atoms with Gasteiger partial charge in [0.1, 0.15) is 10.8 Å². The van der Waals surface area contributed by atoms with E-state index in [-0.39, 0.29) is 18.5 Å². The molecule has 1 heterocycles. The van der Waals surface area contributed by atoms with Gasteiger partial charge in [-0.1, -0.05) is 26.0 Å². The second-order valence-electron chi connectivity index (χ2n) is 7.35. The fourth-order valence-electron chi connectivity index (χ4n) is 3.51. The highest BCUT2D eigenvalue weighted by molar-refractivity contribution is 7.17. The summed E-state index contributed by atoms with van der Waals surface area (Å²) in [4.78, 5) is 26.1. The summed E-state index contributed by atoms with van der Waals surface area (Å²) in [5.41, 5.74) is 2.82. The van der Waals surface area contributed by atoms with Gasteiger partial charge in [-0.3, -0.25) is 4.79 Å². The first-order chi connectivity index (χ1) is 14.0. The number of aryl methyl sites for hydroxylation is 1. The number of anilines is 1. The number of fused-ring (bicyclic) bond motifs is 1. The summed E-state index contributed by atoms with van der Waals surface area (Å²) >= 11 is 1.49. The van der Waals surface area contributed by atoms with Crippen molar-refractivity contribution < 1.29 is 19.1 Å². The monoisotopic (exact) mass is 415 g/mol. The Balaban J connectivity index is 1.66. The van der Waals surface area contributed by atoms with Crippen molar-refractivity contribution in [3.05, 3.63) is 45.8 Å². The molecule has 0 saturated carbocycles. The highest BCUT2D eigenvalue weighted by Gasteiger charge is 2.27. The summed E-state index contributed by atoms with van der Waals surface area (Å²) in [5.74, 6) is 0.519. The van der Waals surface area contributed by atoms with Crippen LogP contribution < -0.4 is 10.1 Å². The van der Waals surface area contributed by atoms with Crippen LogP contribution in [0.15, 0.2) is 24.3 Å². The molecule has 1 aromatic heterocycles. The second kappa shape index (κ2) is 9.92. The Morgan fingerprint density at radius 1 is 1.14 bits per heavy atom. The van der Waals surface area contributed by atoms with Crippen molar-refractivity contribution in [3.63, 3.8) is 0 Å². The van der Waals surface area contributed by atoms with Crippen molar-refractivity contribution in [3.8, 4) is 5.75 Å². The molecule has 2 aromatic rings. The first kappa shape index (κ1) is 21.4. The maximum Gasteiger partial charge on any atom is 0.341 e. The molecular weight excluding hydrogens is 386 g/mol. The van der Waals surface area contributed by atoms with Gasteiger partial charge in [-0.05, 0) is 68.2 Å². The summed E-state index contributed by atoms with van der Waals surface area (Å²) in [7, 11) is 0. The Kier molecular flexibility index (Phi) is 7.31. The van der Waals surface area contributed by atoms with Crippen LogP contribution in [0.4, 0.5) is 5.00 Å². The van der Waals surface area contributed by atoms with E-state index in [1.165, 1.54) is 21.8 Å². The van der Waals surface area contributed by atoms with Gasteiger partial charge in [0.05, 0.1) is 12.2 Å². The molecule has 29 heavy (non-hydrogen) atoms. The van der Waals surface area contributed by atoms with Gasteiger partial charge in [-0.25, -0.2) is 4.79 Å². The molecule has 0 saturated heterocycles. The summed E-state index contributed by atoms with van der Waals surface area (Å²) in [5, 5.41) is 3.45. The molecular formula is C23H29NO4S. The first-order valence-corrected chi connectivity index (χ1v) is 11.2. The van der Waals surface area contributed by atoms with Crippen molar-refractivity contribution >= 4 is 28.2 Å². The van der Waals surface area contributed by atoms with Crippen molar-refractivity contribution in [2.45, 2.75) is 58.8 Å². The van der Waals surface area contributed by atoms with Gasteiger partial charge in [0.25, 0.3) is 5.91 Å². The zero-order chi connectivity index (χ0) is 20.8. The third-order valence-electron chi connectivity index (χ3n) is 5.34. The van der Waals surface area contributed by atoms with E-state index >= 15 is 0 Å². The molecule has 0 unspecified atom stereocenters. The summed E-state index contributed by atoms with van der Waals surface area (Å²) in [6.07, 6.45) is 5.05. The lowest BCUT2D eigenvalue weighted by atomic mass is 9.95. The topological polar surface area (TPSA) is 64.6 Å². The molecule has 1 amide bonds. The molecule has 3 rings (SSSR count). The molecule has 1 aromatic carbocycles. The van der Waals surface area contributed by atoms with Gasteiger partial charge in [0.2, 0.25) is 0 Å². The van der Waals surface area contributed by atoms with Crippen LogP contribution in [-0.2, 0) is 22.4 Å². The molecule has 5 nitrogen and oxygen atoms in total. The zero-order valence-electron chi connectivity index (χ0n) is 17.4. The van der Waals surface area contributed by atoms with Gasteiger partial charge in [-0.2, -0.15) is 0 Å². The molecule has 1 atom stereocenters. The molecule has 0 bridgehead atoms. The average molecular weight is 416 g/mol. The highest BCUT2D eigenvalue weighted by Crippen LogP contribution is 2.38. The fraction of sp³-hybridized carbons (Fsp3) is 0.478. The number of carbonyl (C=O) groups excluding carboxylic acids is 2. The smallest absolute Gasteiger partial charge is 0.341 e. The van der Waals surface area contributed by atoms with Crippen molar-refractivity contribution in [2.75, 3.05) is 18.5 Å². The van der Waals surface area contributed by atoms with Crippen LogP contribution in [0, 0.1) is 0 Å². The normalized spacial score (nSPS) is 14.0. The minimum absolute atomic E-state index is 0.104. The van der Waals surface area contributed by atoms with Crippen LogP contribution in [-0.4, -0.2) is 25.1 Å². The number of nitrogens with one attached hydrogen (secondary N) is 1. The molecule has 0 aliphatic heterocycles. The molecule has 0 spiro atoms. The standard InChI is InChI=1S/C23H29NO4S/c1-4-15(3)16-10-12-17(13-11-16)28-14-20(25)24-22-21(23(26)27-5-2)18-8-6-7-9-19(18)29-22/h10-13,15H,4-9,14H2,1-3H3,(H,24,25)/t15-/m0/s1. The Bertz CT molecular complexity index is 857. The van der Waals surface area contributed by atoms with Crippen LogP contribution >= 0.6 is 11.3 Å². The van der Waals surface area contributed by atoms with E-state index < -0.39 is 0 Å². The predicted octanol–water partition coefficient (Wildman–Crippen LogP) is 5.33. The van der Waals surface area contributed by atoms with E-state index in [2.05, 4.69) is 19.2 Å². The van der Waals surface area contributed by atoms with Crippen molar-refractivity contribution in [2.24, 2.45) is 0 Å². The minimum atomic E-state index is -0.358. The van der Waals surface area contributed by atoms with Gasteiger partial charge in [0, 0.05) is 4.88 Å². The summed E-state index contributed by atoms with van der Waals surface area (Å²) in [6, 6.07) is 7.85. The predicted molar refractivity (Wildman–Crippen MR) is 116 cm³/mol. The van der Waals surface area contributed by atoms with Crippen LogP contribution in [0.1, 0.15) is 72.3 Å². The third kappa shape index (κ3) is 5.18. The quantitative estimate of drug-likeness (QED) is 0.592. The fourth-order valence-corrected chi connectivity index (χ4v) is 4.81. The largest absolute Gasteiger partial charge is 0.484 e. The number of amides is 1. The summed E-state index contributed by atoms with van der Waals surface area (Å²) in [6.45, 7) is 6.34. The number of carbonyl (C=O) groups is 2. The molecule has 1 aliphatic carbocycles. The number of hydrogen-bond donors (Lipinski definition) is 1. The van der Waals surface area contributed by atoms with Gasteiger partial charge < -0.3 is 14.8 Å². The van der Waals surface area contributed by atoms with Crippen LogP contribution in [0.2, 0.25) is 0 Å². The van der Waals surface area contributed by atoms with Crippen LogP contribution in [0.5, 0.6) is 5.75 Å². The van der Waals surface area contributed by atoms with E-state index in [1.54, 1.807) is 6.92 Å². The molecule has 1 aliphatic rings. The molecule has 6 heteroatoms. The SMILES string of the molecule is CCOC(=O)c1c(NC(=O)COc2ccc([C@@H](C)CC)cc2)sc2c1CCCC2. The number of ether oxygens (including phenoxy) is 2. The molecule has 1 N–H and O–H groups in total. The average Bonchev–Trinajstić information content (AvgIpc) is 3.10. The van der Waals surface area contributed by atoms with E-state index in [9.17, 15) is 9.59 Å². The Labute approximate surface area is 176 Å². The first-order valence-electron chi connectivity index (χ1n) is 10.4. The number of benzene rings is 1. The Morgan fingerprint density at radius 2 is 1.86 bits per heavy atom. The van der Waals surface area contributed by atoms with Crippen LogP contribution in [0.3, 0.4) is 0 Å². The lowest BCUT2D eigenvalue weighted by Crippen LogP contribution is -2.21. The second-order valence-corrected chi connectivity index (χ2v) is 8.46. The number of thiophene rings is 1. The molecule has 0 fully saturated rings. The van der Waals surface area contributed by atoms with E-state index in [0.29, 0.717) is 28.8 Å². The maximum absolute atomic E-state index is 12.5. The number of hydrogen-bond acceptors (Lipinski definition) is 5. The van der Waals surface area contributed by atoms with Crippen molar-refractivity contribution in [1.29, 1.82) is 0 Å². The van der Waals surface area contributed by atoms with E-state index in [0.717, 1.165) is 37.7 Å². The van der Waals surface area contributed by atoms with Gasteiger partial charge in [0.15, 0.2) is 6.61 Å². The Hall–Kier alpha value is -2.34. The lowest BCUT2D eigenvalue weighted by molar-refractivity contribution is -0.118. The summed E-state index contributed by atoms with van der Waals surface area (Å²) < 4.78 is 10.9.